The van der Waals surface area contributed by atoms with Crippen LogP contribution in [-0.4, -0.2) is 29.3 Å². The van der Waals surface area contributed by atoms with Gasteiger partial charge in [0.25, 0.3) is 0 Å². The number of nitrogens with zero attached hydrogens (tertiary/aromatic N) is 1. The average molecular weight is 246 g/mol. The number of hydrogen-bond donors (Lipinski definition) is 0. The number of piperidine rings is 1. The zero-order valence-electron chi connectivity index (χ0n) is 10.8. The van der Waals surface area contributed by atoms with Gasteiger partial charge in [0.2, 0.25) is 5.91 Å². The highest BCUT2D eigenvalue weighted by molar-refractivity contribution is 6.17. The molecule has 16 heavy (non-hydrogen) atoms. The van der Waals surface area contributed by atoms with Crippen molar-refractivity contribution in [1.82, 2.24) is 4.90 Å². The molecule has 1 aliphatic heterocycles. The Morgan fingerprint density at radius 2 is 2.12 bits per heavy atom. The number of rotatable bonds is 4. The van der Waals surface area contributed by atoms with Gasteiger partial charge in [-0.25, -0.2) is 0 Å². The summed E-state index contributed by atoms with van der Waals surface area (Å²) >= 11 is 5.82. The summed E-state index contributed by atoms with van der Waals surface area (Å²) in [4.78, 5) is 14.5. The van der Waals surface area contributed by atoms with Gasteiger partial charge in [0, 0.05) is 23.9 Å². The molecule has 1 atom stereocenters. The van der Waals surface area contributed by atoms with Gasteiger partial charge in [-0.1, -0.05) is 20.8 Å². The first-order chi connectivity index (χ1) is 7.53. The van der Waals surface area contributed by atoms with E-state index >= 15 is 0 Å². The van der Waals surface area contributed by atoms with Gasteiger partial charge in [0.15, 0.2) is 0 Å². The molecule has 0 spiro atoms. The molecule has 0 aromatic carbocycles. The zero-order valence-corrected chi connectivity index (χ0v) is 11.5. The SMILES string of the molecule is CCC(C)(C)C(=O)N1CCCCC1CCCl. The van der Waals surface area contributed by atoms with E-state index in [4.69, 9.17) is 11.6 Å². The molecule has 0 bridgehead atoms. The smallest absolute Gasteiger partial charge is 0.228 e. The lowest BCUT2D eigenvalue weighted by molar-refractivity contribution is -0.144. The van der Waals surface area contributed by atoms with Crippen molar-refractivity contribution in [3.05, 3.63) is 0 Å². The Labute approximate surface area is 104 Å². The van der Waals surface area contributed by atoms with E-state index in [0.29, 0.717) is 17.8 Å². The van der Waals surface area contributed by atoms with Crippen LogP contribution in [0.5, 0.6) is 0 Å². The number of alkyl halides is 1. The Morgan fingerprint density at radius 3 is 2.69 bits per heavy atom. The summed E-state index contributed by atoms with van der Waals surface area (Å²) < 4.78 is 0. The summed E-state index contributed by atoms with van der Waals surface area (Å²) in [5, 5.41) is 0. The maximum atomic E-state index is 12.4. The molecule has 0 aliphatic carbocycles. The zero-order chi connectivity index (χ0) is 12.2. The maximum absolute atomic E-state index is 12.4. The molecule has 1 aliphatic rings. The number of hydrogen-bond acceptors (Lipinski definition) is 1. The number of likely N-dealkylation sites (tertiary alicyclic amines) is 1. The highest BCUT2D eigenvalue weighted by Crippen LogP contribution is 2.28. The lowest BCUT2D eigenvalue weighted by Crippen LogP contribution is -2.49. The standard InChI is InChI=1S/C13H24ClNO/c1-4-13(2,3)12(16)15-10-6-5-7-11(15)8-9-14/h11H,4-10H2,1-3H3. The second kappa shape index (κ2) is 5.90. The molecule has 0 radical (unpaired) electrons. The van der Waals surface area contributed by atoms with E-state index < -0.39 is 0 Å². The van der Waals surface area contributed by atoms with E-state index in [2.05, 4.69) is 11.8 Å². The Balaban J connectivity index is 2.71. The summed E-state index contributed by atoms with van der Waals surface area (Å²) in [5.41, 5.74) is -0.220. The van der Waals surface area contributed by atoms with Crippen molar-refractivity contribution in [2.45, 2.75) is 58.9 Å². The van der Waals surface area contributed by atoms with E-state index in [1.807, 2.05) is 13.8 Å². The van der Waals surface area contributed by atoms with Crippen molar-refractivity contribution in [2.75, 3.05) is 12.4 Å². The largest absolute Gasteiger partial charge is 0.339 e. The predicted molar refractivity (Wildman–Crippen MR) is 68.8 cm³/mol. The van der Waals surface area contributed by atoms with E-state index in [9.17, 15) is 4.79 Å². The molecule has 3 heteroatoms. The topological polar surface area (TPSA) is 20.3 Å². The molecule has 1 saturated heterocycles. The molecule has 0 N–H and O–H groups in total. The quantitative estimate of drug-likeness (QED) is 0.695. The third-order valence-corrected chi connectivity index (χ3v) is 4.01. The van der Waals surface area contributed by atoms with Gasteiger partial charge in [-0.2, -0.15) is 0 Å². The van der Waals surface area contributed by atoms with Gasteiger partial charge in [-0.15, -0.1) is 11.6 Å². The second-order valence-corrected chi connectivity index (χ2v) is 5.74. The lowest BCUT2D eigenvalue weighted by Gasteiger charge is -2.40. The number of carbonyl (C=O) groups excluding carboxylic acids is 1. The van der Waals surface area contributed by atoms with Crippen LogP contribution in [-0.2, 0) is 4.79 Å². The molecule has 94 valence electrons. The summed E-state index contributed by atoms with van der Waals surface area (Å²) in [5.74, 6) is 0.964. The van der Waals surface area contributed by atoms with Gasteiger partial charge < -0.3 is 4.90 Å². The first kappa shape index (κ1) is 13.8. The van der Waals surface area contributed by atoms with E-state index in [-0.39, 0.29) is 5.41 Å². The summed E-state index contributed by atoms with van der Waals surface area (Å²) in [7, 11) is 0. The number of halogens is 1. The fourth-order valence-electron chi connectivity index (χ4n) is 2.23. The average Bonchev–Trinajstić information content (AvgIpc) is 2.29. The summed E-state index contributed by atoms with van der Waals surface area (Å²) in [6.07, 6.45) is 5.34. The molecule has 1 rings (SSSR count). The molecular formula is C13H24ClNO. The highest BCUT2D eigenvalue weighted by atomic mass is 35.5. The third-order valence-electron chi connectivity index (χ3n) is 3.79. The van der Waals surface area contributed by atoms with Crippen molar-refractivity contribution < 1.29 is 4.79 Å². The number of amides is 1. The summed E-state index contributed by atoms with van der Waals surface area (Å²) in [6.45, 7) is 7.09. The minimum atomic E-state index is -0.220. The van der Waals surface area contributed by atoms with Gasteiger partial charge >= 0.3 is 0 Å². The molecule has 0 aromatic rings. The first-order valence-corrected chi connectivity index (χ1v) is 6.93. The molecule has 1 heterocycles. The molecule has 1 fully saturated rings. The molecule has 0 saturated carbocycles. The van der Waals surface area contributed by atoms with Gasteiger partial charge in [-0.05, 0) is 32.1 Å². The molecule has 1 amide bonds. The minimum Gasteiger partial charge on any atom is -0.339 e. The Hall–Kier alpha value is -0.240. The monoisotopic (exact) mass is 245 g/mol. The normalized spacial score (nSPS) is 22.2. The molecule has 1 unspecified atom stereocenters. The number of carbonyl (C=O) groups is 1. The lowest BCUT2D eigenvalue weighted by atomic mass is 9.86. The predicted octanol–water partition coefficient (Wildman–Crippen LogP) is 3.43. The highest BCUT2D eigenvalue weighted by Gasteiger charge is 2.34. The Bertz CT molecular complexity index is 238. The van der Waals surface area contributed by atoms with Crippen LogP contribution in [0.4, 0.5) is 0 Å². The Morgan fingerprint density at radius 1 is 1.44 bits per heavy atom. The fraction of sp³-hybridized carbons (Fsp3) is 0.923. The van der Waals surface area contributed by atoms with Crippen molar-refractivity contribution in [2.24, 2.45) is 5.41 Å². The van der Waals surface area contributed by atoms with Crippen LogP contribution in [0.15, 0.2) is 0 Å². The van der Waals surface area contributed by atoms with Crippen LogP contribution >= 0.6 is 11.6 Å². The molecule has 0 aromatic heterocycles. The van der Waals surface area contributed by atoms with Gasteiger partial charge in [0.1, 0.15) is 0 Å². The van der Waals surface area contributed by atoms with Crippen LogP contribution in [0.1, 0.15) is 52.9 Å². The minimum absolute atomic E-state index is 0.220. The second-order valence-electron chi connectivity index (χ2n) is 5.36. The Kier molecular flexibility index (Phi) is 5.10. The van der Waals surface area contributed by atoms with Crippen LogP contribution in [0, 0.1) is 5.41 Å². The van der Waals surface area contributed by atoms with E-state index in [1.165, 1.54) is 6.42 Å². The van der Waals surface area contributed by atoms with Gasteiger partial charge in [-0.3, -0.25) is 4.79 Å². The third kappa shape index (κ3) is 3.13. The van der Waals surface area contributed by atoms with Crippen molar-refractivity contribution in [1.29, 1.82) is 0 Å². The fourth-order valence-corrected chi connectivity index (χ4v) is 2.49. The summed E-state index contributed by atoms with van der Waals surface area (Å²) in [6, 6.07) is 0.379. The van der Waals surface area contributed by atoms with Crippen LogP contribution < -0.4 is 0 Å². The van der Waals surface area contributed by atoms with E-state index in [0.717, 1.165) is 32.2 Å². The van der Waals surface area contributed by atoms with Crippen LogP contribution in [0.25, 0.3) is 0 Å². The van der Waals surface area contributed by atoms with Gasteiger partial charge in [0.05, 0.1) is 0 Å². The van der Waals surface area contributed by atoms with Crippen molar-refractivity contribution in [3.8, 4) is 0 Å². The first-order valence-electron chi connectivity index (χ1n) is 6.40. The maximum Gasteiger partial charge on any atom is 0.228 e. The molecule has 2 nitrogen and oxygen atoms in total. The van der Waals surface area contributed by atoms with E-state index in [1.54, 1.807) is 0 Å². The van der Waals surface area contributed by atoms with Crippen LogP contribution in [0.3, 0.4) is 0 Å². The molecular weight excluding hydrogens is 222 g/mol. The van der Waals surface area contributed by atoms with Crippen molar-refractivity contribution in [3.63, 3.8) is 0 Å². The van der Waals surface area contributed by atoms with Crippen LogP contribution in [0.2, 0.25) is 0 Å². The van der Waals surface area contributed by atoms with Crippen molar-refractivity contribution >= 4 is 17.5 Å².